The van der Waals surface area contributed by atoms with Crippen molar-refractivity contribution < 1.29 is 9.18 Å². The lowest BCUT2D eigenvalue weighted by Gasteiger charge is -2.17. The second kappa shape index (κ2) is 5.77. The van der Waals surface area contributed by atoms with Gasteiger partial charge in [0.2, 0.25) is 5.91 Å². The van der Waals surface area contributed by atoms with Gasteiger partial charge in [0.05, 0.1) is 0 Å². The van der Waals surface area contributed by atoms with Gasteiger partial charge in [-0.05, 0) is 29.7 Å². The summed E-state index contributed by atoms with van der Waals surface area (Å²) in [6.45, 7) is 6.05. The first-order valence-electron chi connectivity index (χ1n) is 7.35. The Morgan fingerprint density at radius 3 is 2.65 bits per heavy atom. The third-order valence-electron chi connectivity index (χ3n) is 3.33. The lowest BCUT2D eigenvalue weighted by atomic mass is 9.92. The fraction of sp³-hybridized carbons (Fsp3) is 0.294. The molecule has 0 saturated heterocycles. The van der Waals surface area contributed by atoms with E-state index in [4.69, 9.17) is 0 Å². The standard InChI is InChI=1S/C17H18FN3OS/c1-17(2,3)10-13(22)19-15-14(11-4-6-12(18)7-5-11)20-16-21(15)8-9-23-16/h4-9H,10H2,1-3H3,(H,19,22). The number of hydrogen-bond donors (Lipinski definition) is 1. The molecule has 0 radical (unpaired) electrons. The molecule has 0 atom stereocenters. The molecule has 0 fully saturated rings. The fourth-order valence-electron chi connectivity index (χ4n) is 2.37. The SMILES string of the molecule is CC(C)(C)CC(=O)Nc1c(-c2ccc(F)cc2)nc2sccn12. The summed E-state index contributed by atoms with van der Waals surface area (Å²) in [5, 5.41) is 4.88. The summed E-state index contributed by atoms with van der Waals surface area (Å²) < 4.78 is 15.0. The highest BCUT2D eigenvalue weighted by atomic mass is 32.1. The highest BCUT2D eigenvalue weighted by Crippen LogP contribution is 2.31. The number of thiazole rings is 1. The summed E-state index contributed by atoms with van der Waals surface area (Å²) in [6.07, 6.45) is 2.28. The number of hydrogen-bond acceptors (Lipinski definition) is 3. The molecule has 3 rings (SSSR count). The molecule has 1 amide bonds. The molecule has 120 valence electrons. The van der Waals surface area contributed by atoms with E-state index in [9.17, 15) is 9.18 Å². The Morgan fingerprint density at radius 1 is 1.30 bits per heavy atom. The van der Waals surface area contributed by atoms with Crippen LogP contribution in [0.4, 0.5) is 10.2 Å². The summed E-state index contributed by atoms with van der Waals surface area (Å²) >= 11 is 1.49. The Labute approximate surface area is 138 Å². The van der Waals surface area contributed by atoms with Crippen molar-refractivity contribution >= 4 is 28.0 Å². The number of imidazole rings is 1. The van der Waals surface area contributed by atoms with Crippen molar-refractivity contribution in [1.29, 1.82) is 0 Å². The molecule has 1 N–H and O–H groups in total. The molecule has 0 unspecified atom stereocenters. The highest BCUT2D eigenvalue weighted by molar-refractivity contribution is 7.15. The molecule has 2 heterocycles. The minimum Gasteiger partial charge on any atom is -0.310 e. The van der Waals surface area contributed by atoms with Gasteiger partial charge in [-0.3, -0.25) is 9.20 Å². The van der Waals surface area contributed by atoms with E-state index in [0.29, 0.717) is 17.9 Å². The monoisotopic (exact) mass is 331 g/mol. The van der Waals surface area contributed by atoms with Gasteiger partial charge in [-0.25, -0.2) is 9.37 Å². The fourth-order valence-corrected chi connectivity index (χ4v) is 3.09. The van der Waals surface area contributed by atoms with Crippen LogP contribution in [0.5, 0.6) is 0 Å². The number of carbonyl (C=O) groups is 1. The minimum atomic E-state index is -0.298. The summed E-state index contributed by atoms with van der Waals surface area (Å²) in [7, 11) is 0. The number of anilines is 1. The molecule has 4 nitrogen and oxygen atoms in total. The molecule has 0 aliphatic carbocycles. The van der Waals surface area contributed by atoms with Crippen LogP contribution in [-0.2, 0) is 4.79 Å². The Morgan fingerprint density at radius 2 is 2.00 bits per heavy atom. The van der Waals surface area contributed by atoms with Crippen molar-refractivity contribution in [1.82, 2.24) is 9.38 Å². The van der Waals surface area contributed by atoms with E-state index in [-0.39, 0.29) is 17.1 Å². The molecule has 2 aromatic heterocycles. The minimum absolute atomic E-state index is 0.0612. The van der Waals surface area contributed by atoms with Crippen molar-refractivity contribution in [3.05, 3.63) is 41.7 Å². The number of amides is 1. The summed E-state index contributed by atoms with van der Waals surface area (Å²) in [5.74, 6) is 0.268. The second-order valence-corrected chi connectivity index (χ2v) is 7.53. The van der Waals surface area contributed by atoms with Crippen LogP contribution in [0.2, 0.25) is 0 Å². The molecule has 0 bridgehead atoms. The van der Waals surface area contributed by atoms with Gasteiger partial charge >= 0.3 is 0 Å². The van der Waals surface area contributed by atoms with Crippen LogP contribution >= 0.6 is 11.3 Å². The van der Waals surface area contributed by atoms with E-state index in [1.807, 2.05) is 36.7 Å². The van der Waals surface area contributed by atoms with Gasteiger partial charge < -0.3 is 5.32 Å². The Bertz CT molecular complexity index is 843. The maximum Gasteiger partial charge on any atom is 0.226 e. The molecule has 23 heavy (non-hydrogen) atoms. The van der Waals surface area contributed by atoms with Gasteiger partial charge in [0.25, 0.3) is 0 Å². The third kappa shape index (κ3) is 3.42. The maximum atomic E-state index is 13.2. The van der Waals surface area contributed by atoms with Crippen LogP contribution in [-0.4, -0.2) is 15.3 Å². The molecule has 3 aromatic rings. The van der Waals surface area contributed by atoms with E-state index in [0.717, 1.165) is 10.5 Å². The van der Waals surface area contributed by atoms with Gasteiger partial charge in [-0.2, -0.15) is 0 Å². The van der Waals surface area contributed by atoms with Crippen molar-refractivity contribution in [2.24, 2.45) is 5.41 Å². The molecular formula is C17H18FN3OS. The van der Waals surface area contributed by atoms with Gasteiger partial charge in [0.15, 0.2) is 4.96 Å². The number of rotatable bonds is 3. The molecule has 0 aliphatic heterocycles. The molecular weight excluding hydrogens is 313 g/mol. The van der Waals surface area contributed by atoms with Crippen LogP contribution in [0.25, 0.3) is 16.2 Å². The number of fused-ring (bicyclic) bond motifs is 1. The summed E-state index contributed by atoms with van der Waals surface area (Å²) in [4.78, 5) is 17.7. The van der Waals surface area contributed by atoms with Crippen LogP contribution in [0.1, 0.15) is 27.2 Å². The number of nitrogens with zero attached hydrogens (tertiary/aromatic N) is 2. The average molecular weight is 331 g/mol. The topological polar surface area (TPSA) is 46.4 Å². The number of benzene rings is 1. The molecule has 0 spiro atoms. The van der Waals surface area contributed by atoms with Crippen molar-refractivity contribution in [2.45, 2.75) is 27.2 Å². The van der Waals surface area contributed by atoms with Gasteiger partial charge in [-0.15, -0.1) is 11.3 Å². The van der Waals surface area contributed by atoms with Gasteiger partial charge in [-0.1, -0.05) is 20.8 Å². The molecule has 0 saturated carbocycles. The largest absolute Gasteiger partial charge is 0.310 e. The third-order valence-corrected chi connectivity index (χ3v) is 4.09. The summed E-state index contributed by atoms with van der Waals surface area (Å²) in [5.41, 5.74) is 1.32. The number of nitrogens with one attached hydrogen (secondary N) is 1. The predicted molar refractivity (Wildman–Crippen MR) is 91.2 cm³/mol. The Balaban J connectivity index is 2.00. The van der Waals surface area contributed by atoms with Crippen LogP contribution in [0, 0.1) is 11.2 Å². The van der Waals surface area contributed by atoms with Crippen LogP contribution in [0.3, 0.4) is 0 Å². The van der Waals surface area contributed by atoms with Gasteiger partial charge in [0.1, 0.15) is 17.3 Å². The van der Waals surface area contributed by atoms with E-state index >= 15 is 0 Å². The lowest BCUT2D eigenvalue weighted by Crippen LogP contribution is -2.20. The van der Waals surface area contributed by atoms with Crippen molar-refractivity contribution in [2.75, 3.05) is 5.32 Å². The van der Waals surface area contributed by atoms with E-state index in [1.165, 1.54) is 23.5 Å². The number of carbonyl (C=O) groups excluding carboxylic acids is 1. The van der Waals surface area contributed by atoms with Crippen LogP contribution in [0.15, 0.2) is 35.8 Å². The first kappa shape index (κ1) is 15.7. The second-order valence-electron chi connectivity index (χ2n) is 6.66. The Hall–Kier alpha value is -2.21. The molecule has 1 aromatic carbocycles. The van der Waals surface area contributed by atoms with Crippen LogP contribution < -0.4 is 5.32 Å². The highest BCUT2D eigenvalue weighted by Gasteiger charge is 2.20. The average Bonchev–Trinajstić information content (AvgIpc) is 3.00. The summed E-state index contributed by atoms with van der Waals surface area (Å²) in [6, 6.07) is 6.12. The van der Waals surface area contributed by atoms with Gasteiger partial charge in [0, 0.05) is 23.6 Å². The Kier molecular flexibility index (Phi) is 3.93. The number of halogens is 1. The predicted octanol–water partition coefficient (Wildman–Crippen LogP) is 4.58. The first-order chi connectivity index (χ1) is 10.8. The quantitative estimate of drug-likeness (QED) is 0.764. The van der Waals surface area contributed by atoms with Crippen molar-refractivity contribution in [3.63, 3.8) is 0 Å². The zero-order valence-corrected chi connectivity index (χ0v) is 14.1. The van der Waals surface area contributed by atoms with E-state index in [2.05, 4.69) is 10.3 Å². The smallest absolute Gasteiger partial charge is 0.226 e. The lowest BCUT2D eigenvalue weighted by molar-refractivity contribution is -0.117. The number of aromatic nitrogens is 2. The first-order valence-corrected chi connectivity index (χ1v) is 8.23. The molecule has 6 heteroatoms. The van der Waals surface area contributed by atoms with E-state index in [1.54, 1.807) is 12.1 Å². The van der Waals surface area contributed by atoms with E-state index < -0.39 is 0 Å². The van der Waals surface area contributed by atoms with Crippen molar-refractivity contribution in [3.8, 4) is 11.3 Å². The zero-order valence-electron chi connectivity index (χ0n) is 13.3. The molecule has 0 aliphatic rings. The zero-order chi connectivity index (χ0) is 16.6. The normalized spacial score (nSPS) is 11.8. The maximum absolute atomic E-state index is 13.2.